The number of carbonyl (C=O) groups is 2. The number of hydrogen-bond acceptors (Lipinski definition) is 8. The number of hydrogen-bond donors (Lipinski definition) is 1. The molecule has 0 bridgehead atoms. The number of fused-ring (bicyclic) bond motifs is 1. The average Bonchev–Trinajstić information content (AvgIpc) is 3.33. The van der Waals surface area contributed by atoms with Crippen LogP contribution < -0.4 is 9.64 Å². The second-order valence-electron chi connectivity index (χ2n) is 8.27. The first kappa shape index (κ1) is 21.5. The van der Waals surface area contributed by atoms with Crippen molar-refractivity contribution in [2.24, 2.45) is 0 Å². The fourth-order valence-corrected chi connectivity index (χ4v) is 3.85. The Hall–Kier alpha value is -4.34. The van der Waals surface area contributed by atoms with Crippen LogP contribution in [0.1, 0.15) is 23.2 Å². The number of ether oxygens (including phenoxy) is 1. The summed E-state index contributed by atoms with van der Waals surface area (Å²) in [5.74, 6) is 1.33. The number of rotatable bonds is 5. The van der Waals surface area contributed by atoms with E-state index in [1.54, 1.807) is 44.6 Å². The number of H-pyrrole nitrogens is 1. The largest absolute Gasteiger partial charge is 0.424 e. The summed E-state index contributed by atoms with van der Waals surface area (Å²) in [4.78, 5) is 41.3. The molecule has 0 saturated carbocycles. The fourth-order valence-electron chi connectivity index (χ4n) is 3.85. The van der Waals surface area contributed by atoms with Crippen molar-refractivity contribution in [1.29, 1.82) is 0 Å². The van der Waals surface area contributed by atoms with Gasteiger partial charge in [-0.1, -0.05) is 12.1 Å². The monoisotopic (exact) mass is 457 g/mol. The zero-order valence-electron chi connectivity index (χ0n) is 18.9. The van der Waals surface area contributed by atoms with Crippen LogP contribution in [-0.2, 0) is 4.79 Å². The topological polar surface area (TPSA) is 117 Å². The Kier molecular flexibility index (Phi) is 5.62. The molecular weight excluding hydrogens is 434 g/mol. The minimum absolute atomic E-state index is 0.0979. The molecule has 172 valence electrons. The van der Waals surface area contributed by atoms with E-state index >= 15 is 0 Å². The first-order chi connectivity index (χ1) is 16.5. The van der Waals surface area contributed by atoms with Crippen molar-refractivity contribution < 1.29 is 14.3 Å². The van der Waals surface area contributed by atoms with Crippen molar-refractivity contribution in [3.8, 4) is 23.1 Å². The second kappa shape index (κ2) is 8.89. The van der Waals surface area contributed by atoms with E-state index < -0.39 is 0 Å². The predicted octanol–water partition coefficient (Wildman–Crippen LogP) is 3.08. The van der Waals surface area contributed by atoms with E-state index in [2.05, 4.69) is 25.1 Å². The van der Waals surface area contributed by atoms with E-state index in [1.807, 2.05) is 23.1 Å². The van der Waals surface area contributed by atoms with E-state index in [0.29, 0.717) is 36.1 Å². The number of nitrogens with zero attached hydrogens (tertiary/aromatic N) is 6. The highest BCUT2D eigenvalue weighted by molar-refractivity contribution is 5.94. The third-order valence-corrected chi connectivity index (χ3v) is 5.58. The Labute approximate surface area is 195 Å². The molecule has 0 spiro atoms. The Bertz CT molecular complexity index is 1360. The molecule has 2 aromatic heterocycles. The van der Waals surface area contributed by atoms with Crippen LogP contribution in [0, 0.1) is 0 Å². The number of anilines is 1. The maximum absolute atomic E-state index is 12.2. The molecule has 0 unspecified atom stereocenters. The number of carbonyl (C=O) groups excluding carboxylic acids is 2. The van der Waals surface area contributed by atoms with Crippen molar-refractivity contribution in [2.45, 2.75) is 12.8 Å². The lowest BCUT2D eigenvalue weighted by atomic mass is 10.1. The molecule has 1 aliphatic heterocycles. The minimum Gasteiger partial charge on any atom is -0.424 e. The fraction of sp³-hybridized carbons (Fsp3) is 0.250. The van der Waals surface area contributed by atoms with E-state index in [9.17, 15) is 9.59 Å². The molecule has 0 radical (unpaired) electrons. The van der Waals surface area contributed by atoms with E-state index in [4.69, 9.17) is 4.74 Å². The standard InChI is InChI=1S/C24H23N7O3/c1-30(2)22(33)15-8-10-17(11-9-15)34-24-27-21(18-6-3-7-20-19(18)13-25-29-20)26-23(28-24)31-12-4-5-16(32)14-31/h3,6-11,13H,4-5,12,14H2,1-2H3,(H,25,29). The zero-order valence-corrected chi connectivity index (χ0v) is 18.9. The van der Waals surface area contributed by atoms with Crippen molar-refractivity contribution in [2.75, 3.05) is 32.1 Å². The van der Waals surface area contributed by atoms with E-state index in [-0.39, 0.29) is 24.2 Å². The van der Waals surface area contributed by atoms with Gasteiger partial charge in [-0.2, -0.15) is 20.1 Å². The van der Waals surface area contributed by atoms with Gasteiger partial charge in [-0.3, -0.25) is 14.7 Å². The molecule has 4 aromatic rings. The quantitative estimate of drug-likeness (QED) is 0.486. The second-order valence-corrected chi connectivity index (χ2v) is 8.27. The molecule has 1 fully saturated rings. The minimum atomic E-state index is -0.0979. The molecule has 0 aliphatic carbocycles. The summed E-state index contributed by atoms with van der Waals surface area (Å²) in [5.41, 5.74) is 2.18. The lowest BCUT2D eigenvalue weighted by Gasteiger charge is -2.26. The molecule has 3 heterocycles. The summed E-state index contributed by atoms with van der Waals surface area (Å²) in [7, 11) is 3.40. The molecule has 1 saturated heterocycles. The predicted molar refractivity (Wildman–Crippen MR) is 126 cm³/mol. The third kappa shape index (κ3) is 4.29. The van der Waals surface area contributed by atoms with Gasteiger partial charge < -0.3 is 14.5 Å². The number of ketones is 1. The SMILES string of the molecule is CN(C)C(=O)c1ccc(Oc2nc(-c3cccc4[nH]ncc34)nc(N3CCCC(=O)C3)n2)cc1. The van der Waals surface area contributed by atoms with Crippen LogP contribution in [0.4, 0.5) is 5.95 Å². The highest BCUT2D eigenvalue weighted by atomic mass is 16.5. The number of aromatic amines is 1. The number of aromatic nitrogens is 5. The number of nitrogens with one attached hydrogen (secondary N) is 1. The van der Waals surface area contributed by atoms with Crippen molar-refractivity contribution >= 4 is 28.5 Å². The highest BCUT2D eigenvalue weighted by Crippen LogP contribution is 2.29. The van der Waals surface area contributed by atoms with Gasteiger partial charge in [-0.15, -0.1) is 0 Å². The van der Waals surface area contributed by atoms with Gasteiger partial charge in [0.25, 0.3) is 5.91 Å². The summed E-state index contributed by atoms with van der Waals surface area (Å²) < 4.78 is 5.97. The summed E-state index contributed by atoms with van der Waals surface area (Å²) in [6, 6.07) is 12.6. The Morgan fingerprint density at radius 3 is 2.68 bits per heavy atom. The van der Waals surface area contributed by atoms with Crippen LogP contribution in [0.3, 0.4) is 0 Å². The Morgan fingerprint density at radius 2 is 1.91 bits per heavy atom. The van der Waals surface area contributed by atoms with E-state index in [1.165, 1.54) is 4.90 Å². The highest BCUT2D eigenvalue weighted by Gasteiger charge is 2.22. The van der Waals surface area contributed by atoms with Crippen molar-refractivity contribution in [3.63, 3.8) is 0 Å². The molecule has 1 N–H and O–H groups in total. The number of benzene rings is 2. The molecule has 5 rings (SSSR count). The molecule has 34 heavy (non-hydrogen) atoms. The molecule has 0 atom stereocenters. The third-order valence-electron chi connectivity index (χ3n) is 5.58. The molecular formula is C24H23N7O3. The van der Waals surface area contributed by atoms with Crippen LogP contribution in [0.15, 0.2) is 48.7 Å². The summed E-state index contributed by atoms with van der Waals surface area (Å²) in [6.45, 7) is 0.923. The Balaban J connectivity index is 1.53. The smallest absolute Gasteiger partial charge is 0.327 e. The van der Waals surface area contributed by atoms with Gasteiger partial charge in [-0.05, 0) is 36.8 Å². The van der Waals surface area contributed by atoms with Gasteiger partial charge in [0, 0.05) is 43.6 Å². The molecule has 10 nitrogen and oxygen atoms in total. The normalized spacial score (nSPS) is 13.8. The van der Waals surface area contributed by atoms with Gasteiger partial charge in [0.2, 0.25) is 5.95 Å². The van der Waals surface area contributed by atoms with Crippen LogP contribution in [0.2, 0.25) is 0 Å². The van der Waals surface area contributed by atoms with Crippen LogP contribution in [-0.4, -0.2) is 68.9 Å². The van der Waals surface area contributed by atoms with Crippen LogP contribution in [0.25, 0.3) is 22.3 Å². The maximum Gasteiger partial charge on any atom is 0.327 e. The van der Waals surface area contributed by atoms with E-state index in [0.717, 1.165) is 22.9 Å². The summed E-state index contributed by atoms with van der Waals surface area (Å²) in [5, 5.41) is 7.94. The number of Topliss-reactive ketones (excluding diaryl/α,β-unsaturated/α-hetero) is 1. The van der Waals surface area contributed by atoms with Crippen LogP contribution >= 0.6 is 0 Å². The van der Waals surface area contributed by atoms with Gasteiger partial charge in [0.05, 0.1) is 18.3 Å². The lowest BCUT2D eigenvalue weighted by Crippen LogP contribution is -2.36. The van der Waals surface area contributed by atoms with Gasteiger partial charge in [-0.25, -0.2) is 0 Å². The van der Waals surface area contributed by atoms with Gasteiger partial charge >= 0.3 is 6.01 Å². The van der Waals surface area contributed by atoms with Crippen molar-refractivity contribution in [1.82, 2.24) is 30.0 Å². The molecule has 2 aromatic carbocycles. The summed E-state index contributed by atoms with van der Waals surface area (Å²) in [6.07, 6.45) is 3.03. The Morgan fingerprint density at radius 1 is 1.09 bits per heavy atom. The first-order valence-electron chi connectivity index (χ1n) is 10.9. The molecule has 1 amide bonds. The van der Waals surface area contributed by atoms with Gasteiger partial charge in [0.1, 0.15) is 5.75 Å². The number of piperidine rings is 1. The van der Waals surface area contributed by atoms with Gasteiger partial charge in [0.15, 0.2) is 11.6 Å². The number of amides is 1. The average molecular weight is 457 g/mol. The summed E-state index contributed by atoms with van der Waals surface area (Å²) >= 11 is 0. The molecule has 1 aliphatic rings. The first-order valence-corrected chi connectivity index (χ1v) is 10.9. The lowest BCUT2D eigenvalue weighted by molar-refractivity contribution is -0.118. The van der Waals surface area contributed by atoms with Crippen LogP contribution in [0.5, 0.6) is 11.8 Å². The van der Waals surface area contributed by atoms with Crippen molar-refractivity contribution in [3.05, 3.63) is 54.2 Å². The zero-order chi connectivity index (χ0) is 23.7. The maximum atomic E-state index is 12.2. The molecule has 10 heteroatoms.